The lowest BCUT2D eigenvalue weighted by molar-refractivity contribution is -0.384. The molecule has 3 aromatic carbocycles. The maximum absolute atomic E-state index is 11.0. The highest BCUT2D eigenvalue weighted by Gasteiger charge is 2.22. The quantitative estimate of drug-likeness (QED) is 0.375. The lowest BCUT2D eigenvalue weighted by atomic mass is 10.1. The summed E-state index contributed by atoms with van der Waals surface area (Å²) in [5.41, 5.74) is 2.67. The summed E-state index contributed by atoms with van der Waals surface area (Å²) in [5.74, 6) is 0.436. The number of hydrogen-bond donors (Lipinski definition) is 1. The summed E-state index contributed by atoms with van der Waals surface area (Å²) in [4.78, 5) is 19.6. The van der Waals surface area contributed by atoms with Crippen molar-refractivity contribution in [2.75, 3.05) is 6.61 Å². The number of phenols is 1. The first-order chi connectivity index (χ1) is 14.6. The molecule has 7 heteroatoms. The smallest absolute Gasteiger partial charge is 0.270 e. The van der Waals surface area contributed by atoms with Gasteiger partial charge in [-0.25, -0.2) is 4.99 Å². The molecule has 1 aliphatic heterocycles. The van der Waals surface area contributed by atoms with E-state index in [-0.39, 0.29) is 23.0 Å². The zero-order valence-corrected chi connectivity index (χ0v) is 16.0. The summed E-state index contributed by atoms with van der Waals surface area (Å²) < 4.78 is 5.83. The van der Waals surface area contributed by atoms with Crippen LogP contribution in [0.4, 0.5) is 11.4 Å². The number of para-hydroxylation sites is 1. The van der Waals surface area contributed by atoms with Crippen molar-refractivity contribution >= 4 is 23.5 Å². The van der Waals surface area contributed by atoms with E-state index in [1.54, 1.807) is 6.07 Å². The Bertz CT molecular complexity index is 1130. The van der Waals surface area contributed by atoms with Gasteiger partial charge in [-0.05, 0) is 30.2 Å². The van der Waals surface area contributed by atoms with Crippen molar-refractivity contribution in [3.05, 3.63) is 99.6 Å². The van der Waals surface area contributed by atoms with Gasteiger partial charge in [-0.15, -0.1) is 0 Å². The van der Waals surface area contributed by atoms with Gasteiger partial charge in [0.05, 0.1) is 22.2 Å². The highest BCUT2D eigenvalue weighted by Crippen LogP contribution is 2.26. The van der Waals surface area contributed by atoms with E-state index in [0.717, 1.165) is 12.0 Å². The van der Waals surface area contributed by atoms with E-state index in [9.17, 15) is 15.2 Å². The van der Waals surface area contributed by atoms with Crippen LogP contribution in [0.1, 0.15) is 16.7 Å². The van der Waals surface area contributed by atoms with Gasteiger partial charge in [0.15, 0.2) is 0 Å². The zero-order valence-electron chi connectivity index (χ0n) is 16.0. The Morgan fingerprint density at radius 2 is 1.90 bits per heavy atom. The van der Waals surface area contributed by atoms with Crippen LogP contribution in [0.15, 0.2) is 82.8 Å². The highest BCUT2D eigenvalue weighted by atomic mass is 16.6. The van der Waals surface area contributed by atoms with Crippen LogP contribution in [-0.2, 0) is 11.2 Å². The number of nitro benzene ring substituents is 1. The van der Waals surface area contributed by atoms with Gasteiger partial charge in [0.1, 0.15) is 12.4 Å². The summed E-state index contributed by atoms with van der Waals surface area (Å²) in [7, 11) is 0. The summed E-state index contributed by atoms with van der Waals surface area (Å²) in [6.45, 7) is 0.494. The SMILES string of the molecule is O=[N+]([O-])c1ccc(O)c(C=Nc2ccccc2C2=N[C@@H](Cc3ccccc3)CO2)c1. The second-order valence-electron chi connectivity index (χ2n) is 6.86. The Labute approximate surface area is 173 Å². The first-order valence-electron chi connectivity index (χ1n) is 9.45. The molecule has 150 valence electrons. The van der Waals surface area contributed by atoms with Crippen molar-refractivity contribution in [3.8, 4) is 5.75 Å². The molecule has 1 N–H and O–H groups in total. The standard InChI is InChI=1S/C23H19N3O4/c27-22-11-10-19(26(28)29)13-17(22)14-24-21-9-5-4-8-20(21)23-25-18(15-30-23)12-16-6-2-1-3-7-16/h1-11,13-14,18,27H,12,15H2/t18-/m0/s1. The van der Waals surface area contributed by atoms with Crippen LogP contribution in [-0.4, -0.2) is 34.8 Å². The molecule has 30 heavy (non-hydrogen) atoms. The van der Waals surface area contributed by atoms with Crippen LogP contribution >= 0.6 is 0 Å². The Balaban J connectivity index is 1.58. The number of benzene rings is 3. The normalized spacial score (nSPS) is 15.7. The Hall–Kier alpha value is -4.00. The van der Waals surface area contributed by atoms with Gasteiger partial charge in [0, 0.05) is 23.9 Å². The van der Waals surface area contributed by atoms with E-state index < -0.39 is 4.92 Å². The number of phenolic OH excluding ortho intramolecular Hbond substituents is 1. The van der Waals surface area contributed by atoms with Crippen LogP contribution in [0.5, 0.6) is 5.75 Å². The fourth-order valence-corrected chi connectivity index (χ4v) is 3.22. The minimum atomic E-state index is -0.515. The molecule has 0 aliphatic carbocycles. The average Bonchev–Trinajstić information content (AvgIpc) is 3.22. The van der Waals surface area contributed by atoms with Gasteiger partial charge in [-0.1, -0.05) is 42.5 Å². The summed E-state index contributed by atoms with van der Waals surface area (Å²) >= 11 is 0. The third-order valence-electron chi connectivity index (χ3n) is 4.73. The predicted molar refractivity (Wildman–Crippen MR) is 115 cm³/mol. The molecule has 7 nitrogen and oxygen atoms in total. The molecule has 0 aromatic heterocycles. The number of nitrogens with zero attached hydrogens (tertiary/aromatic N) is 3. The lowest BCUT2D eigenvalue weighted by Gasteiger charge is -2.05. The fourth-order valence-electron chi connectivity index (χ4n) is 3.22. The average molecular weight is 401 g/mol. The van der Waals surface area contributed by atoms with Crippen molar-refractivity contribution in [2.45, 2.75) is 12.5 Å². The highest BCUT2D eigenvalue weighted by molar-refractivity contribution is 6.01. The summed E-state index contributed by atoms with van der Waals surface area (Å²) in [5, 5.41) is 21.0. The monoisotopic (exact) mass is 401 g/mol. The number of aromatic hydroxyl groups is 1. The van der Waals surface area contributed by atoms with E-state index in [0.29, 0.717) is 18.2 Å². The molecular weight excluding hydrogens is 382 g/mol. The Morgan fingerprint density at radius 1 is 1.13 bits per heavy atom. The molecule has 0 amide bonds. The Kier molecular flexibility index (Phi) is 5.52. The first-order valence-corrected chi connectivity index (χ1v) is 9.45. The van der Waals surface area contributed by atoms with Crippen LogP contribution < -0.4 is 0 Å². The molecule has 0 saturated heterocycles. The van der Waals surface area contributed by atoms with Gasteiger partial charge in [0.25, 0.3) is 5.69 Å². The molecule has 1 heterocycles. The molecule has 0 bridgehead atoms. The fraction of sp³-hybridized carbons (Fsp3) is 0.130. The topological polar surface area (TPSA) is 97.3 Å². The second-order valence-corrected chi connectivity index (χ2v) is 6.86. The van der Waals surface area contributed by atoms with Crippen molar-refractivity contribution in [1.29, 1.82) is 0 Å². The maximum Gasteiger partial charge on any atom is 0.270 e. The molecule has 0 fully saturated rings. The number of non-ortho nitro benzene ring substituents is 1. The largest absolute Gasteiger partial charge is 0.507 e. The molecule has 1 atom stereocenters. The van der Waals surface area contributed by atoms with Crippen LogP contribution in [0.25, 0.3) is 0 Å². The van der Waals surface area contributed by atoms with Gasteiger partial charge in [-0.2, -0.15) is 0 Å². The minimum Gasteiger partial charge on any atom is -0.507 e. The van der Waals surface area contributed by atoms with Crippen LogP contribution in [0, 0.1) is 10.1 Å². The van der Waals surface area contributed by atoms with E-state index in [4.69, 9.17) is 9.73 Å². The van der Waals surface area contributed by atoms with Crippen LogP contribution in [0.2, 0.25) is 0 Å². The van der Waals surface area contributed by atoms with Gasteiger partial charge < -0.3 is 9.84 Å². The maximum atomic E-state index is 11.0. The summed E-state index contributed by atoms with van der Waals surface area (Å²) in [6, 6.07) is 21.3. The number of nitro groups is 1. The van der Waals surface area contributed by atoms with E-state index in [1.165, 1.54) is 30.0 Å². The molecule has 4 rings (SSSR count). The first kappa shape index (κ1) is 19.3. The van der Waals surface area contributed by atoms with Crippen LogP contribution in [0.3, 0.4) is 0 Å². The second kappa shape index (κ2) is 8.57. The Morgan fingerprint density at radius 3 is 2.70 bits per heavy atom. The van der Waals surface area contributed by atoms with Gasteiger partial charge in [0.2, 0.25) is 5.90 Å². The third-order valence-corrected chi connectivity index (χ3v) is 4.73. The molecule has 1 aliphatic rings. The van der Waals surface area contributed by atoms with E-state index in [2.05, 4.69) is 17.1 Å². The summed E-state index contributed by atoms with van der Waals surface area (Å²) in [6.07, 6.45) is 2.19. The van der Waals surface area contributed by atoms with Crippen molar-refractivity contribution in [2.24, 2.45) is 9.98 Å². The van der Waals surface area contributed by atoms with E-state index in [1.807, 2.05) is 36.4 Å². The zero-order chi connectivity index (χ0) is 20.9. The van der Waals surface area contributed by atoms with Crippen molar-refractivity contribution < 1.29 is 14.8 Å². The number of aliphatic imine (C=N–C) groups is 2. The number of ether oxygens (including phenoxy) is 1. The van der Waals surface area contributed by atoms with Gasteiger partial charge >= 0.3 is 0 Å². The number of hydrogen-bond acceptors (Lipinski definition) is 6. The van der Waals surface area contributed by atoms with Crippen molar-refractivity contribution in [1.82, 2.24) is 0 Å². The predicted octanol–water partition coefficient (Wildman–Crippen LogP) is 4.44. The minimum absolute atomic E-state index is 0.0280. The molecule has 3 aromatic rings. The number of rotatable bonds is 6. The van der Waals surface area contributed by atoms with E-state index >= 15 is 0 Å². The molecule has 0 spiro atoms. The molecule has 0 unspecified atom stereocenters. The molecule has 0 radical (unpaired) electrons. The lowest BCUT2D eigenvalue weighted by Crippen LogP contribution is -2.09. The molecular formula is C23H19N3O4. The van der Waals surface area contributed by atoms with Crippen molar-refractivity contribution in [3.63, 3.8) is 0 Å². The molecule has 0 saturated carbocycles. The third kappa shape index (κ3) is 4.35. The van der Waals surface area contributed by atoms with Gasteiger partial charge in [-0.3, -0.25) is 15.1 Å².